The Kier molecular flexibility index (Phi) is 3.83. The van der Waals surface area contributed by atoms with Crippen LogP contribution in [0.25, 0.3) is 22.6 Å². The van der Waals surface area contributed by atoms with Crippen LogP contribution in [0, 0.1) is 10.1 Å². The maximum atomic E-state index is 11.9. The molecular formula is C17H13N3O4. The van der Waals surface area contributed by atoms with Crippen LogP contribution >= 0.6 is 0 Å². The fraction of sp³-hybridized carbons (Fsp3) is 0.0588. The molecule has 1 amide bonds. The van der Waals surface area contributed by atoms with E-state index in [2.05, 4.69) is 16.9 Å². The second-order valence-electron chi connectivity index (χ2n) is 5.21. The molecule has 0 atom stereocenters. The lowest BCUT2D eigenvalue weighted by molar-refractivity contribution is -0.384. The van der Waals surface area contributed by atoms with Gasteiger partial charge >= 0.3 is 0 Å². The molecule has 0 aliphatic carbocycles. The number of fused-ring (bicyclic) bond motifs is 1. The van der Waals surface area contributed by atoms with Crippen LogP contribution in [0.15, 0.2) is 59.0 Å². The Morgan fingerprint density at radius 3 is 2.75 bits per heavy atom. The zero-order valence-electron chi connectivity index (χ0n) is 12.8. The summed E-state index contributed by atoms with van der Waals surface area (Å²) >= 11 is 0. The van der Waals surface area contributed by atoms with E-state index < -0.39 is 4.92 Å². The molecule has 0 unspecified atom stereocenters. The van der Waals surface area contributed by atoms with Gasteiger partial charge in [0.15, 0.2) is 5.58 Å². The molecule has 3 rings (SSSR count). The highest BCUT2D eigenvalue weighted by molar-refractivity contribution is 6.04. The number of oxazole rings is 1. The Hall–Kier alpha value is -3.48. The topological polar surface area (TPSA) is 98.3 Å². The van der Waals surface area contributed by atoms with Crippen molar-refractivity contribution in [3.8, 4) is 11.5 Å². The molecular weight excluding hydrogens is 310 g/mol. The van der Waals surface area contributed by atoms with Gasteiger partial charge in [0, 0.05) is 11.6 Å². The number of amides is 1. The van der Waals surface area contributed by atoms with Crippen molar-refractivity contribution in [3.63, 3.8) is 0 Å². The zero-order valence-corrected chi connectivity index (χ0v) is 12.8. The second kappa shape index (κ2) is 5.96. The number of hydrogen-bond acceptors (Lipinski definition) is 5. The molecule has 1 heterocycles. The molecule has 1 aromatic heterocycles. The first-order chi connectivity index (χ1) is 11.5. The molecule has 0 aliphatic heterocycles. The molecule has 7 nitrogen and oxygen atoms in total. The molecule has 24 heavy (non-hydrogen) atoms. The second-order valence-corrected chi connectivity index (χ2v) is 5.21. The van der Waals surface area contributed by atoms with Crippen molar-refractivity contribution in [1.82, 2.24) is 4.98 Å². The van der Waals surface area contributed by atoms with E-state index in [4.69, 9.17) is 4.42 Å². The molecule has 0 aliphatic rings. The summed E-state index contributed by atoms with van der Waals surface area (Å²) < 4.78 is 5.64. The fourth-order valence-electron chi connectivity index (χ4n) is 2.15. The zero-order chi connectivity index (χ0) is 17.3. The summed E-state index contributed by atoms with van der Waals surface area (Å²) in [7, 11) is 0. The Bertz CT molecular complexity index is 975. The van der Waals surface area contributed by atoms with Gasteiger partial charge in [0.2, 0.25) is 5.89 Å². The van der Waals surface area contributed by atoms with Crippen molar-refractivity contribution in [2.75, 3.05) is 5.32 Å². The van der Waals surface area contributed by atoms with Crippen molar-refractivity contribution in [3.05, 3.63) is 64.7 Å². The number of nitro groups is 1. The lowest BCUT2D eigenvalue weighted by Crippen LogP contribution is -2.12. The predicted octanol–water partition coefficient (Wildman–Crippen LogP) is 3.92. The summed E-state index contributed by atoms with van der Waals surface area (Å²) in [6.07, 6.45) is 0. The SMILES string of the molecule is C=C(C)C(=O)Nc1ccccc1-c1nc2ccc([N+](=O)[O-])cc2o1. The third kappa shape index (κ3) is 2.87. The summed E-state index contributed by atoms with van der Waals surface area (Å²) in [4.78, 5) is 26.5. The molecule has 0 saturated carbocycles. The van der Waals surface area contributed by atoms with Gasteiger partial charge in [-0.3, -0.25) is 14.9 Å². The molecule has 120 valence electrons. The van der Waals surface area contributed by atoms with E-state index in [0.29, 0.717) is 27.9 Å². The largest absolute Gasteiger partial charge is 0.436 e. The molecule has 2 aromatic carbocycles. The summed E-state index contributed by atoms with van der Waals surface area (Å²) in [5, 5.41) is 13.6. The van der Waals surface area contributed by atoms with Crippen LogP contribution in [0.1, 0.15) is 6.92 Å². The summed E-state index contributed by atoms with van der Waals surface area (Å²) in [5.41, 5.74) is 2.20. The van der Waals surface area contributed by atoms with Gasteiger partial charge in [0.05, 0.1) is 22.2 Å². The van der Waals surface area contributed by atoms with Gasteiger partial charge in [-0.25, -0.2) is 4.98 Å². The molecule has 7 heteroatoms. The van der Waals surface area contributed by atoms with Crippen molar-refractivity contribution < 1.29 is 14.1 Å². The number of para-hydroxylation sites is 1. The quantitative estimate of drug-likeness (QED) is 0.446. The minimum atomic E-state index is -0.497. The van der Waals surface area contributed by atoms with E-state index in [1.165, 1.54) is 18.2 Å². The smallest absolute Gasteiger partial charge is 0.273 e. The van der Waals surface area contributed by atoms with Gasteiger partial charge < -0.3 is 9.73 Å². The average Bonchev–Trinajstić information content (AvgIpc) is 2.97. The Labute approximate surface area is 136 Å². The third-order valence-corrected chi connectivity index (χ3v) is 3.38. The van der Waals surface area contributed by atoms with Crippen LogP contribution in [-0.2, 0) is 4.79 Å². The Morgan fingerprint density at radius 1 is 1.29 bits per heavy atom. The molecule has 0 bridgehead atoms. The highest BCUT2D eigenvalue weighted by Crippen LogP contribution is 2.31. The molecule has 0 fully saturated rings. The van der Waals surface area contributed by atoms with Crippen molar-refractivity contribution >= 4 is 28.4 Å². The Balaban J connectivity index is 2.06. The van der Waals surface area contributed by atoms with Crippen LogP contribution in [0.5, 0.6) is 0 Å². The van der Waals surface area contributed by atoms with Gasteiger partial charge in [-0.2, -0.15) is 0 Å². The van der Waals surface area contributed by atoms with E-state index in [1.54, 1.807) is 31.2 Å². The maximum absolute atomic E-state index is 11.9. The van der Waals surface area contributed by atoms with Gasteiger partial charge in [0.1, 0.15) is 5.52 Å². The summed E-state index contributed by atoms with van der Waals surface area (Å²) in [6.45, 7) is 5.21. The molecule has 0 saturated heterocycles. The summed E-state index contributed by atoms with van der Waals surface area (Å²) in [5.74, 6) is -0.0442. The van der Waals surface area contributed by atoms with Gasteiger partial charge in [-0.05, 0) is 25.1 Å². The third-order valence-electron chi connectivity index (χ3n) is 3.38. The standard InChI is InChI=1S/C17H13N3O4/c1-10(2)16(21)18-13-6-4-3-5-12(13)17-19-14-8-7-11(20(22)23)9-15(14)24-17/h3-9H,1H2,2H3,(H,18,21). The average molecular weight is 323 g/mol. The van der Waals surface area contributed by atoms with E-state index in [0.717, 1.165) is 0 Å². The van der Waals surface area contributed by atoms with E-state index in [1.807, 2.05) is 0 Å². The maximum Gasteiger partial charge on any atom is 0.273 e. The minimum Gasteiger partial charge on any atom is -0.436 e. The fourth-order valence-corrected chi connectivity index (χ4v) is 2.15. The number of hydrogen-bond donors (Lipinski definition) is 1. The Morgan fingerprint density at radius 2 is 2.04 bits per heavy atom. The number of carbonyl (C=O) groups excluding carboxylic acids is 1. The lowest BCUT2D eigenvalue weighted by atomic mass is 10.1. The molecule has 0 spiro atoms. The van der Waals surface area contributed by atoms with Crippen LogP contribution in [0.3, 0.4) is 0 Å². The van der Waals surface area contributed by atoms with Crippen LogP contribution in [0.4, 0.5) is 11.4 Å². The van der Waals surface area contributed by atoms with Crippen molar-refractivity contribution in [1.29, 1.82) is 0 Å². The van der Waals surface area contributed by atoms with Crippen LogP contribution in [-0.4, -0.2) is 15.8 Å². The number of nitrogens with one attached hydrogen (secondary N) is 1. The minimum absolute atomic E-state index is 0.0749. The normalized spacial score (nSPS) is 10.5. The van der Waals surface area contributed by atoms with E-state index >= 15 is 0 Å². The van der Waals surface area contributed by atoms with Crippen molar-refractivity contribution in [2.45, 2.75) is 6.92 Å². The van der Waals surface area contributed by atoms with Crippen LogP contribution < -0.4 is 5.32 Å². The number of rotatable bonds is 4. The number of anilines is 1. The first-order valence-corrected chi connectivity index (χ1v) is 7.07. The molecule has 3 aromatic rings. The number of nitrogens with zero attached hydrogens (tertiary/aromatic N) is 2. The van der Waals surface area contributed by atoms with E-state index in [9.17, 15) is 14.9 Å². The number of aromatic nitrogens is 1. The van der Waals surface area contributed by atoms with E-state index in [-0.39, 0.29) is 17.5 Å². The van der Waals surface area contributed by atoms with Gasteiger partial charge in [-0.15, -0.1) is 0 Å². The van der Waals surface area contributed by atoms with Gasteiger partial charge in [-0.1, -0.05) is 18.7 Å². The molecule has 1 N–H and O–H groups in total. The monoisotopic (exact) mass is 323 g/mol. The first-order valence-electron chi connectivity index (χ1n) is 7.07. The lowest BCUT2D eigenvalue weighted by Gasteiger charge is -2.08. The number of carbonyl (C=O) groups is 1. The number of nitro benzene ring substituents is 1. The van der Waals surface area contributed by atoms with Crippen molar-refractivity contribution in [2.24, 2.45) is 0 Å². The number of benzene rings is 2. The summed E-state index contributed by atoms with van der Waals surface area (Å²) in [6, 6.07) is 11.2. The highest BCUT2D eigenvalue weighted by Gasteiger charge is 2.16. The predicted molar refractivity (Wildman–Crippen MR) is 89.5 cm³/mol. The van der Waals surface area contributed by atoms with Crippen LogP contribution in [0.2, 0.25) is 0 Å². The van der Waals surface area contributed by atoms with Gasteiger partial charge in [0.25, 0.3) is 11.6 Å². The number of non-ortho nitro benzene ring substituents is 1. The highest BCUT2D eigenvalue weighted by atomic mass is 16.6. The first kappa shape index (κ1) is 15.4. The molecule has 0 radical (unpaired) electrons.